The summed E-state index contributed by atoms with van der Waals surface area (Å²) in [6, 6.07) is 5.13. The normalized spacial score (nSPS) is 11.6. The highest BCUT2D eigenvalue weighted by molar-refractivity contribution is 7.91. The number of halogens is 3. The molecule has 1 aromatic heterocycles. The van der Waals surface area contributed by atoms with Crippen molar-refractivity contribution in [1.82, 2.24) is 9.88 Å². The molecule has 9 heteroatoms. The molecule has 0 bridgehead atoms. The summed E-state index contributed by atoms with van der Waals surface area (Å²) in [4.78, 5) is 17.2. The van der Waals surface area contributed by atoms with E-state index in [0.29, 0.717) is 31.3 Å². The van der Waals surface area contributed by atoms with Gasteiger partial charge in [-0.15, -0.1) is 0 Å². The largest absolute Gasteiger partial charge is 0.339 e. The van der Waals surface area contributed by atoms with Crippen molar-refractivity contribution in [2.75, 3.05) is 13.1 Å². The van der Waals surface area contributed by atoms with Crippen LogP contribution >= 0.6 is 0 Å². The van der Waals surface area contributed by atoms with Crippen molar-refractivity contribution >= 4 is 26.6 Å². The Morgan fingerprint density at radius 3 is 2.17 bits per heavy atom. The predicted octanol–water partition coefficient (Wildman–Crippen LogP) is 3.97. The highest BCUT2D eigenvalue weighted by atomic mass is 32.2. The van der Waals surface area contributed by atoms with Crippen LogP contribution in [-0.4, -0.2) is 37.3 Å². The van der Waals surface area contributed by atoms with Gasteiger partial charge in [0.25, 0.3) is 5.91 Å². The van der Waals surface area contributed by atoms with Crippen LogP contribution in [0.5, 0.6) is 0 Å². The van der Waals surface area contributed by atoms with Crippen molar-refractivity contribution in [2.45, 2.75) is 23.6 Å². The standard InChI is InChI=1S/C20H17F3N2O3S/c1-3-25(4-2)20(26)17-11-24-18-6-5-12(21)10-16(18)19(17)29(27,28)15-8-13(22)7-14(23)9-15/h5-11H,3-4H2,1-2H3. The van der Waals surface area contributed by atoms with Gasteiger partial charge in [0, 0.05) is 30.7 Å². The highest BCUT2D eigenvalue weighted by Gasteiger charge is 2.30. The van der Waals surface area contributed by atoms with E-state index in [1.165, 1.54) is 11.0 Å². The maximum absolute atomic E-state index is 13.9. The van der Waals surface area contributed by atoms with E-state index in [-0.39, 0.29) is 16.5 Å². The van der Waals surface area contributed by atoms with Crippen molar-refractivity contribution < 1.29 is 26.4 Å². The number of benzene rings is 2. The van der Waals surface area contributed by atoms with E-state index in [2.05, 4.69) is 4.98 Å². The van der Waals surface area contributed by atoms with Gasteiger partial charge in [-0.1, -0.05) is 0 Å². The third kappa shape index (κ3) is 3.82. The van der Waals surface area contributed by atoms with Crippen LogP contribution < -0.4 is 0 Å². The minimum absolute atomic E-state index is 0.123. The Morgan fingerprint density at radius 1 is 0.966 bits per heavy atom. The lowest BCUT2D eigenvalue weighted by Gasteiger charge is -2.21. The summed E-state index contributed by atoms with van der Waals surface area (Å²) in [5, 5.41) is -0.146. The monoisotopic (exact) mass is 422 g/mol. The summed E-state index contributed by atoms with van der Waals surface area (Å²) in [5.74, 6) is -3.56. The van der Waals surface area contributed by atoms with Gasteiger partial charge in [0.2, 0.25) is 9.84 Å². The molecule has 0 saturated heterocycles. The minimum Gasteiger partial charge on any atom is -0.339 e. The van der Waals surface area contributed by atoms with Crippen molar-refractivity contribution in [3.63, 3.8) is 0 Å². The first-order valence-electron chi connectivity index (χ1n) is 8.77. The zero-order chi connectivity index (χ0) is 21.3. The van der Waals surface area contributed by atoms with Crippen molar-refractivity contribution in [3.05, 3.63) is 65.6 Å². The summed E-state index contributed by atoms with van der Waals surface area (Å²) in [6.07, 6.45) is 1.09. The van der Waals surface area contributed by atoms with Gasteiger partial charge >= 0.3 is 0 Å². The molecule has 0 aliphatic rings. The fourth-order valence-corrected chi connectivity index (χ4v) is 4.72. The molecule has 0 radical (unpaired) electrons. The number of hydrogen-bond acceptors (Lipinski definition) is 4. The quantitative estimate of drug-likeness (QED) is 0.624. The molecule has 3 rings (SSSR count). The first-order valence-corrected chi connectivity index (χ1v) is 10.3. The molecule has 5 nitrogen and oxygen atoms in total. The molecule has 3 aromatic rings. The van der Waals surface area contributed by atoms with E-state index in [0.717, 1.165) is 18.3 Å². The predicted molar refractivity (Wildman–Crippen MR) is 101 cm³/mol. The topological polar surface area (TPSA) is 67.3 Å². The second kappa shape index (κ2) is 7.82. The molecule has 0 saturated carbocycles. The zero-order valence-electron chi connectivity index (χ0n) is 15.6. The lowest BCUT2D eigenvalue weighted by atomic mass is 10.1. The summed E-state index contributed by atoms with van der Waals surface area (Å²) in [5.41, 5.74) is -0.172. The Morgan fingerprint density at radius 2 is 1.59 bits per heavy atom. The van der Waals surface area contributed by atoms with Crippen LogP contribution in [0.15, 0.2) is 52.4 Å². The average Bonchev–Trinajstić information content (AvgIpc) is 2.66. The second-order valence-corrected chi connectivity index (χ2v) is 8.14. The molecule has 0 spiro atoms. The Bertz CT molecular complexity index is 1190. The first-order chi connectivity index (χ1) is 13.7. The van der Waals surface area contributed by atoms with E-state index in [4.69, 9.17) is 0 Å². The lowest BCUT2D eigenvalue weighted by molar-refractivity contribution is 0.0769. The Hall–Kier alpha value is -2.94. The number of pyridine rings is 1. The lowest BCUT2D eigenvalue weighted by Crippen LogP contribution is -2.31. The molecule has 0 unspecified atom stereocenters. The first kappa shape index (κ1) is 20.8. The van der Waals surface area contributed by atoms with E-state index >= 15 is 0 Å². The highest BCUT2D eigenvalue weighted by Crippen LogP contribution is 2.32. The van der Waals surface area contributed by atoms with Crippen LogP contribution in [-0.2, 0) is 9.84 Å². The fraction of sp³-hybridized carbons (Fsp3) is 0.200. The summed E-state index contributed by atoms with van der Waals surface area (Å²) < 4.78 is 68.0. The van der Waals surface area contributed by atoms with Crippen LogP contribution in [0.2, 0.25) is 0 Å². The number of nitrogens with zero attached hydrogens (tertiary/aromatic N) is 2. The van der Waals surface area contributed by atoms with Gasteiger partial charge in [0.1, 0.15) is 17.5 Å². The fourth-order valence-electron chi connectivity index (χ4n) is 3.07. The number of sulfone groups is 1. The number of carbonyl (C=O) groups excluding carboxylic acids is 1. The summed E-state index contributed by atoms with van der Waals surface area (Å²) in [6.45, 7) is 4.02. The number of amides is 1. The Balaban J connectivity index is 2.40. The van der Waals surface area contributed by atoms with Crippen molar-refractivity contribution in [3.8, 4) is 0 Å². The van der Waals surface area contributed by atoms with E-state index in [1.807, 2.05) is 0 Å². The maximum Gasteiger partial charge on any atom is 0.256 e. The second-order valence-electron chi connectivity index (χ2n) is 6.25. The maximum atomic E-state index is 13.9. The van der Waals surface area contributed by atoms with Crippen LogP contribution in [0.1, 0.15) is 24.2 Å². The molecular formula is C20H17F3N2O3S. The number of carbonyl (C=O) groups is 1. The summed E-state index contributed by atoms with van der Waals surface area (Å²) in [7, 11) is -4.59. The van der Waals surface area contributed by atoms with Gasteiger partial charge in [-0.05, 0) is 44.2 Å². The molecule has 0 fully saturated rings. The minimum atomic E-state index is -4.59. The molecular weight excluding hydrogens is 405 g/mol. The number of rotatable bonds is 5. The third-order valence-electron chi connectivity index (χ3n) is 4.48. The molecule has 0 aliphatic carbocycles. The Labute approximate surface area is 165 Å². The van der Waals surface area contributed by atoms with Crippen molar-refractivity contribution in [1.29, 1.82) is 0 Å². The van der Waals surface area contributed by atoms with Gasteiger partial charge in [-0.25, -0.2) is 21.6 Å². The molecule has 1 amide bonds. The average molecular weight is 422 g/mol. The van der Waals surface area contributed by atoms with Crippen molar-refractivity contribution in [2.24, 2.45) is 0 Å². The van der Waals surface area contributed by atoms with Gasteiger partial charge in [-0.3, -0.25) is 9.78 Å². The zero-order valence-corrected chi connectivity index (χ0v) is 16.4. The molecule has 0 aliphatic heterocycles. The number of aromatic nitrogens is 1. The van der Waals surface area contributed by atoms with Gasteiger partial charge < -0.3 is 4.90 Å². The Kier molecular flexibility index (Phi) is 5.61. The van der Waals surface area contributed by atoms with Crippen LogP contribution in [0, 0.1) is 17.5 Å². The van der Waals surface area contributed by atoms with E-state index in [1.54, 1.807) is 13.8 Å². The van der Waals surface area contributed by atoms with E-state index in [9.17, 15) is 26.4 Å². The summed E-state index contributed by atoms with van der Waals surface area (Å²) >= 11 is 0. The molecule has 0 N–H and O–H groups in total. The van der Waals surface area contributed by atoms with E-state index < -0.39 is 43.0 Å². The smallest absolute Gasteiger partial charge is 0.256 e. The SMILES string of the molecule is CCN(CC)C(=O)c1cnc2ccc(F)cc2c1S(=O)(=O)c1cc(F)cc(F)c1. The van der Waals surface area contributed by atoms with Crippen LogP contribution in [0.25, 0.3) is 10.9 Å². The van der Waals surface area contributed by atoms with Crippen LogP contribution in [0.3, 0.4) is 0 Å². The number of fused-ring (bicyclic) bond motifs is 1. The molecule has 1 heterocycles. The van der Waals surface area contributed by atoms with Gasteiger partial charge in [-0.2, -0.15) is 0 Å². The third-order valence-corrected chi connectivity index (χ3v) is 6.31. The number of hydrogen-bond donors (Lipinski definition) is 0. The molecule has 152 valence electrons. The van der Waals surface area contributed by atoms with Gasteiger partial charge in [0.05, 0.1) is 20.9 Å². The molecule has 29 heavy (non-hydrogen) atoms. The molecule has 0 atom stereocenters. The van der Waals surface area contributed by atoms with Gasteiger partial charge in [0.15, 0.2) is 0 Å². The molecule has 2 aromatic carbocycles. The van der Waals surface area contributed by atoms with Crippen LogP contribution in [0.4, 0.5) is 13.2 Å².